The van der Waals surface area contributed by atoms with Gasteiger partial charge in [0.25, 0.3) is 5.56 Å². The summed E-state index contributed by atoms with van der Waals surface area (Å²) >= 11 is 0. The second-order valence-corrected chi connectivity index (χ2v) is 4.62. The standard InChI is InChI=1S/C13H21N3O3/c1-2-15-8-5-14-12(13(15)18)16-6-3-11(4-7-16)19-10-9-17/h5,8,11,17H,2-4,6-7,9-10H2,1H3. The number of aliphatic hydroxyl groups is 1. The van der Waals surface area contributed by atoms with Crippen LogP contribution in [0.15, 0.2) is 17.2 Å². The molecule has 2 heterocycles. The average Bonchev–Trinajstić information content (AvgIpc) is 2.46. The molecule has 106 valence electrons. The third-order valence-corrected chi connectivity index (χ3v) is 3.42. The molecule has 6 heteroatoms. The van der Waals surface area contributed by atoms with Gasteiger partial charge in [-0.05, 0) is 19.8 Å². The molecule has 0 radical (unpaired) electrons. The number of aryl methyl sites for hydroxylation is 1. The van der Waals surface area contributed by atoms with Gasteiger partial charge in [0.2, 0.25) is 0 Å². The van der Waals surface area contributed by atoms with Gasteiger partial charge in [-0.1, -0.05) is 0 Å². The third-order valence-electron chi connectivity index (χ3n) is 3.42. The summed E-state index contributed by atoms with van der Waals surface area (Å²) in [5.74, 6) is 0.532. The van der Waals surface area contributed by atoms with E-state index in [0.29, 0.717) is 19.0 Å². The lowest BCUT2D eigenvalue weighted by atomic mass is 10.1. The van der Waals surface area contributed by atoms with Crippen molar-refractivity contribution in [2.24, 2.45) is 0 Å². The molecule has 0 saturated carbocycles. The molecule has 1 N–H and O–H groups in total. The second kappa shape index (κ2) is 6.68. The van der Waals surface area contributed by atoms with Crippen molar-refractivity contribution in [2.75, 3.05) is 31.2 Å². The summed E-state index contributed by atoms with van der Waals surface area (Å²) in [5, 5.41) is 8.73. The summed E-state index contributed by atoms with van der Waals surface area (Å²) in [6.45, 7) is 4.58. The number of aromatic nitrogens is 2. The Labute approximate surface area is 112 Å². The van der Waals surface area contributed by atoms with Crippen LogP contribution in [0.3, 0.4) is 0 Å². The topological polar surface area (TPSA) is 67.6 Å². The van der Waals surface area contributed by atoms with Crippen LogP contribution in [-0.4, -0.2) is 47.1 Å². The third kappa shape index (κ3) is 3.33. The van der Waals surface area contributed by atoms with E-state index >= 15 is 0 Å². The van der Waals surface area contributed by atoms with Crippen molar-refractivity contribution in [1.29, 1.82) is 0 Å². The van der Waals surface area contributed by atoms with Crippen molar-refractivity contribution >= 4 is 5.82 Å². The monoisotopic (exact) mass is 267 g/mol. The van der Waals surface area contributed by atoms with Gasteiger partial charge in [-0.15, -0.1) is 0 Å². The van der Waals surface area contributed by atoms with Gasteiger partial charge < -0.3 is 19.3 Å². The molecule has 1 aliphatic rings. The molecule has 0 unspecified atom stereocenters. The Morgan fingerprint density at radius 3 is 2.84 bits per heavy atom. The summed E-state index contributed by atoms with van der Waals surface area (Å²) in [5.41, 5.74) is -0.0280. The number of hydrogen-bond acceptors (Lipinski definition) is 5. The first kappa shape index (κ1) is 14.0. The van der Waals surface area contributed by atoms with Crippen LogP contribution in [-0.2, 0) is 11.3 Å². The van der Waals surface area contributed by atoms with Crippen molar-refractivity contribution < 1.29 is 9.84 Å². The number of nitrogens with zero attached hydrogens (tertiary/aromatic N) is 3. The predicted octanol–water partition coefficient (Wildman–Crippen LogP) is 0.241. The van der Waals surface area contributed by atoms with E-state index in [4.69, 9.17) is 9.84 Å². The molecule has 0 aromatic carbocycles. The summed E-state index contributed by atoms with van der Waals surface area (Å²) in [7, 11) is 0. The Kier molecular flexibility index (Phi) is 4.93. The molecule has 0 aliphatic carbocycles. The van der Waals surface area contributed by atoms with Gasteiger partial charge in [0.1, 0.15) is 0 Å². The molecular weight excluding hydrogens is 246 g/mol. The van der Waals surface area contributed by atoms with E-state index in [1.807, 2.05) is 11.8 Å². The SMILES string of the molecule is CCn1ccnc(N2CCC(OCCO)CC2)c1=O. The van der Waals surface area contributed by atoms with E-state index in [1.54, 1.807) is 17.0 Å². The Hall–Kier alpha value is -1.40. The lowest BCUT2D eigenvalue weighted by Crippen LogP contribution is -2.41. The van der Waals surface area contributed by atoms with Gasteiger partial charge in [0.05, 0.1) is 19.3 Å². The quantitative estimate of drug-likeness (QED) is 0.828. The van der Waals surface area contributed by atoms with Crippen LogP contribution in [0, 0.1) is 0 Å². The fourth-order valence-electron chi connectivity index (χ4n) is 2.36. The van der Waals surface area contributed by atoms with Crippen LogP contribution in [0.4, 0.5) is 5.82 Å². The number of piperidine rings is 1. The van der Waals surface area contributed by atoms with Gasteiger partial charge >= 0.3 is 0 Å². The van der Waals surface area contributed by atoms with Crippen molar-refractivity contribution in [3.8, 4) is 0 Å². The zero-order valence-corrected chi connectivity index (χ0v) is 11.3. The lowest BCUT2D eigenvalue weighted by molar-refractivity contribution is 0.0158. The van der Waals surface area contributed by atoms with E-state index in [0.717, 1.165) is 25.9 Å². The van der Waals surface area contributed by atoms with Crippen LogP contribution in [0.25, 0.3) is 0 Å². The minimum atomic E-state index is -0.0280. The highest BCUT2D eigenvalue weighted by atomic mass is 16.5. The molecule has 0 bridgehead atoms. The Balaban J connectivity index is 2.00. The van der Waals surface area contributed by atoms with E-state index in [9.17, 15) is 4.79 Å². The molecular formula is C13H21N3O3. The second-order valence-electron chi connectivity index (χ2n) is 4.62. The van der Waals surface area contributed by atoms with Crippen LogP contribution in [0.2, 0.25) is 0 Å². The number of rotatable bonds is 5. The highest BCUT2D eigenvalue weighted by molar-refractivity contribution is 5.36. The molecule has 1 saturated heterocycles. The molecule has 6 nitrogen and oxygen atoms in total. The van der Waals surface area contributed by atoms with Crippen LogP contribution in [0.5, 0.6) is 0 Å². The predicted molar refractivity (Wildman–Crippen MR) is 72.4 cm³/mol. The summed E-state index contributed by atoms with van der Waals surface area (Å²) in [6.07, 6.45) is 5.29. The first-order valence-corrected chi connectivity index (χ1v) is 6.79. The minimum absolute atomic E-state index is 0.0280. The molecule has 1 aromatic rings. The highest BCUT2D eigenvalue weighted by Gasteiger charge is 2.22. The minimum Gasteiger partial charge on any atom is -0.394 e. The molecule has 0 spiro atoms. The maximum atomic E-state index is 12.1. The molecule has 1 aliphatic heterocycles. The summed E-state index contributed by atoms with van der Waals surface area (Å²) in [6, 6.07) is 0. The summed E-state index contributed by atoms with van der Waals surface area (Å²) in [4.78, 5) is 18.4. The zero-order chi connectivity index (χ0) is 13.7. The first-order chi connectivity index (χ1) is 9.26. The largest absolute Gasteiger partial charge is 0.394 e. The highest BCUT2D eigenvalue weighted by Crippen LogP contribution is 2.16. The van der Waals surface area contributed by atoms with Crippen LogP contribution >= 0.6 is 0 Å². The van der Waals surface area contributed by atoms with E-state index in [-0.39, 0.29) is 18.3 Å². The van der Waals surface area contributed by atoms with Crippen molar-refractivity contribution in [1.82, 2.24) is 9.55 Å². The average molecular weight is 267 g/mol. The first-order valence-electron chi connectivity index (χ1n) is 6.79. The van der Waals surface area contributed by atoms with Crippen LogP contribution < -0.4 is 10.5 Å². The van der Waals surface area contributed by atoms with Gasteiger partial charge in [-0.2, -0.15) is 0 Å². The molecule has 0 atom stereocenters. The van der Waals surface area contributed by atoms with Crippen molar-refractivity contribution in [3.05, 3.63) is 22.7 Å². The van der Waals surface area contributed by atoms with Crippen LogP contribution in [0.1, 0.15) is 19.8 Å². The van der Waals surface area contributed by atoms with E-state index in [2.05, 4.69) is 4.98 Å². The van der Waals surface area contributed by atoms with E-state index in [1.165, 1.54) is 0 Å². The molecule has 0 amide bonds. The Morgan fingerprint density at radius 2 is 2.21 bits per heavy atom. The number of anilines is 1. The maximum Gasteiger partial charge on any atom is 0.293 e. The summed E-state index contributed by atoms with van der Waals surface area (Å²) < 4.78 is 7.17. The Bertz CT molecular complexity index is 453. The number of aliphatic hydroxyl groups excluding tert-OH is 1. The molecule has 2 rings (SSSR count). The molecule has 1 fully saturated rings. The fourth-order valence-corrected chi connectivity index (χ4v) is 2.36. The Morgan fingerprint density at radius 1 is 1.47 bits per heavy atom. The van der Waals surface area contributed by atoms with Gasteiger partial charge in [-0.3, -0.25) is 4.79 Å². The maximum absolute atomic E-state index is 12.1. The molecule has 19 heavy (non-hydrogen) atoms. The van der Waals surface area contributed by atoms with Gasteiger partial charge in [0, 0.05) is 32.0 Å². The fraction of sp³-hybridized carbons (Fsp3) is 0.692. The lowest BCUT2D eigenvalue weighted by Gasteiger charge is -2.32. The van der Waals surface area contributed by atoms with Crippen molar-refractivity contribution in [3.63, 3.8) is 0 Å². The van der Waals surface area contributed by atoms with Gasteiger partial charge in [0.15, 0.2) is 5.82 Å². The normalized spacial score (nSPS) is 16.8. The number of ether oxygens (including phenoxy) is 1. The van der Waals surface area contributed by atoms with E-state index < -0.39 is 0 Å². The van der Waals surface area contributed by atoms with Gasteiger partial charge in [-0.25, -0.2) is 4.98 Å². The van der Waals surface area contributed by atoms with Crippen molar-refractivity contribution in [2.45, 2.75) is 32.4 Å². The number of hydrogen-bond donors (Lipinski definition) is 1. The molecule has 1 aromatic heterocycles. The zero-order valence-electron chi connectivity index (χ0n) is 11.3. The smallest absolute Gasteiger partial charge is 0.293 e.